The smallest absolute Gasteiger partial charge is 0.259 e. The van der Waals surface area contributed by atoms with E-state index in [1.807, 2.05) is 12.3 Å². The van der Waals surface area contributed by atoms with E-state index in [4.69, 9.17) is 0 Å². The number of hydrogen-bond acceptors (Lipinski definition) is 4. The van der Waals surface area contributed by atoms with Gasteiger partial charge in [0.25, 0.3) is 5.91 Å². The SMILES string of the molecule is CCC(C)(C)C1NN(CCCc2cccnc2)C(=O)C2CCCN2C1=O. The Morgan fingerprint density at radius 3 is 2.81 bits per heavy atom. The van der Waals surface area contributed by atoms with Crippen LogP contribution in [0, 0.1) is 5.41 Å². The number of carbonyl (C=O) groups is 2. The van der Waals surface area contributed by atoms with Gasteiger partial charge in [0.05, 0.1) is 0 Å². The maximum Gasteiger partial charge on any atom is 0.259 e. The first-order chi connectivity index (χ1) is 12.4. The zero-order valence-corrected chi connectivity index (χ0v) is 16.1. The van der Waals surface area contributed by atoms with Crippen LogP contribution in [0.25, 0.3) is 0 Å². The molecule has 2 aliphatic heterocycles. The minimum Gasteiger partial charge on any atom is -0.329 e. The predicted octanol–water partition coefficient (Wildman–Crippen LogP) is 2.16. The lowest BCUT2D eigenvalue weighted by Crippen LogP contribution is -2.56. The molecule has 6 heteroatoms. The van der Waals surface area contributed by atoms with Gasteiger partial charge in [0.2, 0.25) is 5.91 Å². The Bertz CT molecular complexity index is 646. The molecular formula is C20H30N4O2. The van der Waals surface area contributed by atoms with E-state index in [0.717, 1.165) is 32.1 Å². The van der Waals surface area contributed by atoms with Crippen molar-refractivity contribution >= 4 is 11.8 Å². The quantitative estimate of drug-likeness (QED) is 0.846. The van der Waals surface area contributed by atoms with E-state index in [1.54, 1.807) is 16.1 Å². The fourth-order valence-corrected chi connectivity index (χ4v) is 3.78. The highest BCUT2D eigenvalue weighted by Gasteiger charge is 2.47. The summed E-state index contributed by atoms with van der Waals surface area (Å²) in [5.41, 5.74) is 4.25. The molecule has 1 aromatic heterocycles. The van der Waals surface area contributed by atoms with Gasteiger partial charge < -0.3 is 4.90 Å². The Morgan fingerprint density at radius 2 is 2.12 bits per heavy atom. The molecule has 2 fully saturated rings. The van der Waals surface area contributed by atoms with Gasteiger partial charge >= 0.3 is 0 Å². The molecule has 0 aromatic carbocycles. The Hall–Kier alpha value is -1.95. The lowest BCUT2D eigenvalue weighted by atomic mass is 9.81. The number of hydrogen-bond donors (Lipinski definition) is 1. The highest BCUT2D eigenvalue weighted by Crippen LogP contribution is 2.31. The Kier molecular flexibility index (Phi) is 5.61. The number of carbonyl (C=O) groups excluding carboxylic acids is 2. The number of amides is 2. The van der Waals surface area contributed by atoms with Crippen LogP contribution in [-0.4, -0.2) is 51.9 Å². The van der Waals surface area contributed by atoms with E-state index < -0.39 is 0 Å². The molecule has 142 valence electrons. The molecule has 26 heavy (non-hydrogen) atoms. The molecule has 2 saturated heterocycles. The summed E-state index contributed by atoms with van der Waals surface area (Å²) in [7, 11) is 0. The predicted molar refractivity (Wildman–Crippen MR) is 100 cm³/mol. The molecule has 1 N–H and O–H groups in total. The second kappa shape index (κ2) is 7.74. The van der Waals surface area contributed by atoms with E-state index >= 15 is 0 Å². The molecule has 0 spiro atoms. The Balaban J connectivity index is 1.74. The number of nitrogens with one attached hydrogen (secondary N) is 1. The molecular weight excluding hydrogens is 328 g/mol. The third-order valence-corrected chi connectivity index (χ3v) is 5.88. The second-order valence-corrected chi connectivity index (χ2v) is 8.05. The third-order valence-electron chi connectivity index (χ3n) is 5.88. The van der Waals surface area contributed by atoms with Gasteiger partial charge in [-0.1, -0.05) is 26.8 Å². The molecule has 3 rings (SSSR count). The number of rotatable bonds is 6. The van der Waals surface area contributed by atoms with Crippen LogP contribution in [0.2, 0.25) is 0 Å². The zero-order valence-electron chi connectivity index (χ0n) is 16.1. The first-order valence-corrected chi connectivity index (χ1v) is 9.71. The summed E-state index contributed by atoms with van der Waals surface area (Å²) in [6.45, 7) is 7.57. The largest absolute Gasteiger partial charge is 0.329 e. The van der Waals surface area contributed by atoms with Crippen molar-refractivity contribution in [2.45, 2.75) is 65.0 Å². The van der Waals surface area contributed by atoms with E-state index in [9.17, 15) is 9.59 Å². The topological polar surface area (TPSA) is 65.5 Å². The van der Waals surface area contributed by atoms with Gasteiger partial charge in [0.1, 0.15) is 12.1 Å². The van der Waals surface area contributed by atoms with Crippen LogP contribution in [0.1, 0.15) is 52.0 Å². The fourth-order valence-electron chi connectivity index (χ4n) is 3.78. The van der Waals surface area contributed by atoms with E-state index in [1.165, 1.54) is 5.56 Å². The van der Waals surface area contributed by atoms with Crippen molar-refractivity contribution < 1.29 is 9.59 Å². The molecule has 2 aliphatic rings. The summed E-state index contributed by atoms with van der Waals surface area (Å²) >= 11 is 0. The highest BCUT2D eigenvalue weighted by molar-refractivity contribution is 5.92. The average Bonchev–Trinajstić information content (AvgIpc) is 3.10. The minimum atomic E-state index is -0.363. The highest BCUT2D eigenvalue weighted by atomic mass is 16.2. The molecule has 6 nitrogen and oxygen atoms in total. The summed E-state index contributed by atoms with van der Waals surface area (Å²) in [4.78, 5) is 32.1. The Labute approximate surface area is 155 Å². The normalized spacial score (nSPS) is 24.0. The van der Waals surface area contributed by atoms with Crippen LogP contribution >= 0.6 is 0 Å². The summed E-state index contributed by atoms with van der Waals surface area (Å²) in [5.74, 6) is 0.110. The van der Waals surface area contributed by atoms with Crippen LogP contribution in [-0.2, 0) is 16.0 Å². The molecule has 1 aromatic rings. The number of aryl methyl sites for hydroxylation is 1. The summed E-state index contributed by atoms with van der Waals surface area (Å²) in [5, 5.41) is 1.71. The number of pyridine rings is 1. The van der Waals surface area contributed by atoms with Gasteiger partial charge in [0.15, 0.2) is 0 Å². The first kappa shape index (κ1) is 18.8. The average molecular weight is 358 g/mol. The van der Waals surface area contributed by atoms with E-state index in [0.29, 0.717) is 13.1 Å². The van der Waals surface area contributed by atoms with Crippen molar-refractivity contribution in [3.8, 4) is 0 Å². The fraction of sp³-hybridized carbons (Fsp3) is 0.650. The summed E-state index contributed by atoms with van der Waals surface area (Å²) < 4.78 is 0. The van der Waals surface area contributed by atoms with Gasteiger partial charge in [-0.15, -0.1) is 0 Å². The van der Waals surface area contributed by atoms with Gasteiger partial charge in [-0.3, -0.25) is 19.6 Å². The Morgan fingerprint density at radius 1 is 1.31 bits per heavy atom. The van der Waals surface area contributed by atoms with Gasteiger partial charge in [-0.25, -0.2) is 5.43 Å². The van der Waals surface area contributed by atoms with Crippen LogP contribution in [0.4, 0.5) is 0 Å². The van der Waals surface area contributed by atoms with Crippen molar-refractivity contribution in [1.29, 1.82) is 0 Å². The van der Waals surface area contributed by atoms with Crippen LogP contribution in [0.3, 0.4) is 0 Å². The van der Waals surface area contributed by atoms with Crippen molar-refractivity contribution in [2.24, 2.45) is 5.41 Å². The molecule has 3 heterocycles. The molecule has 0 saturated carbocycles. The molecule has 2 atom stereocenters. The lowest BCUT2D eigenvalue weighted by molar-refractivity contribution is -0.140. The molecule has 2 amide bonds. The maximum absolute atomic E-state index is 13.1. The number of hydrazine groups is 1. The number of nitrogens with zero attached hydrogens (tertiary/aromatic N) is 3. The third kappa shape index (κ3) is 3.75. The molecule has 0 bridgehead atoms. The lowest BCUT2D eigenvalue weighted by Gasteiger charge is -2.35. The van der Waals surface area contributed by atoms with E-state index in [2.05, 4.69) is 37.2 Å². The number of fused-ring (bicyclic) bond motifs is 1. The van der Waals surface area contributed by atoms with Crippen LogP contribution < -0.4 is 5.43 Å². The molecule has 0 radical (unpaired) electrons. The second-order valence-electron chi connectivity index (χ2n) is 8.05. The minimum absolute atomic E-state index is 0.0384. The van der Waals surface area contributed by atoms with Gasteiger partial charge in [-0.05, 0) is 49.1 Å². The van der Waals surface area contributed by atoms with Gasteiger partial charge in [0, 0.05) is 25.5 Å². The first-order valence-electron chi connectivity index (χ1n) is 9.71. The maximum atomic E-state index is 13.1. The van der Waals surface area contributed by atoms with Crippen LogP contribution in [0.5, 0.6) is 0 Å². The summed E-state index contributed by atoms with van der Waals surface area (Å²) in [6, 6.07) is 3.32. The summed E-state index contributed by atoms with van der Waals surface area (Å²) in [6.07, 6.45) is 7.88. The zero-order chi connectivity index (χ0) is 18.7. The molecule has 2 unspecified atom stereocenters. The van der Waals surface area contributed by atoms with Crippen molar-refractivity contribution in [2.75, 3.05) is 13.1 Å². The number of aromatic nitrogens is 1. The van der Waals surface area contributed by atoms with Crippen molar-refractivity contribution in [3.05, 3.63) is 30.1 Å². The van der Waals surface area contributed by atoms with Crippen LogP contribution in [0.15, 0.2) is 24.5 Å². The standard InChI is InChI=1S/C20H30N4O2/c1-4-20(2,3)17-19(26)23-12-7-10-16(23)18(25)24(22-17)13-6-9-15-8-5-11-21-14-15/h5,8,11,14,16-17,22H,4,6-7,9-10,12-13H2,1-3H3. The monoisotopic (exact) mass is 358 g/mol. The van der Waals surface area contributed by atoms with E-state index in [-0.39, 0.29) is 29.3 Å². The van der Waals surface area contributed by atoms with Crippen molar-refractivity contribution in [1.82, 2.24) is 20.3 Å². The van der Waals surface area contributed by atoms with Gasteiger partial charge in [-0.2, -0.15) is 0 Å². The molecule has 0 aliphatic carbocycles. The van der Waals surface area contributed by atoms with Crippen molar-refractivity contribution in [3.63, 3.8) is 0 Å².